The number of hydrogen-bond acceptors (Lipinski definition) is 5. The maximum absolute atomic E-state index is 12.6. The molecule has 2 aliphatic rings. The second kappa shape index (κ2) is 8.71. The number of aromatic nitrogens is 3. The van der Waals surface area contributed by atoms with Crippen LogP contribution >= 0.6 is 11.6 Å². The van der Waals surface area contributed by atoms with Gasteiger partial charge >= 0.3 is 6.03 Å². The number of fused-ring (bicyclic) bond motifs is 1. The first-order valence-corrected chi connectivity index (χ1v) is 11.3. The first-order valence-electron chi connectivity index (χ1n) is 10.9. The van der Waals surface area contributed by atoms with Gasteiger partial charge in [-0.05, 0) is 25.3 Å². The van der Waals surface area contributed by atoms with Crippen molar-refractivity contribution in [3.05, 3.63) is 29.2 Å². The Bertz CT molecular complexity index is 1040. The highest BCUT2D eigenvalue weighted by Gasteiger charge is 2.41. The second-order valence-corrected chi connectivity index (χ2v) is 9.72. The molecule has 3 amide bonds. The van der Waals surface area contributed by atoms with Crippen LogP contribution in [0.3, 0.4) is 0 Å². The Kier molecular flexibility index (Phi) is 6.13. The van der Waals surface area contributed by atoms with E-state index in [9.17, 15) is 14.7 Å². The summed E-state index contributed by atoms with van der Waals surface area (Å²) in [5.41, 5.74) is 1.75. The van der Waals surface area contributed by atoms with Crippen LogP contribution in [0.2, 0.25) is 5.02 Å². The number of pyridine rings is 1. The minimum Gasteiger partial charge on any atom is -0.386 e. The van der Waals surface area contributed by atoms with Crippen molar-refractivity contribution in [3.8, 4) is 11.1 Å². The van der Waals surface area contributed by atoms with Crippen LogP contribution < -0.4 is 16.0 Å². The molecule has 3 atom stereocenters. The molecule has 0 radical (unpaired) electrons. The molecular formula is C22H29ClN6O3. The van der Waals surface area contributed by atoms with Crippen LogP contribution in [0, 0.1) is 11.3 Å². The number of aliphatic hydroxyl groups excluding tert-OH is 1. The van der Waals surface area contributed by atoms with Crippen molar-refractivity contribution in [3.63, 3.8) is 0 Å². The van der Waals surface area contributed by atoms with E-state index in [-0.39, 0.29) is 29.3 Å². The number of anilines is 1. The highest BCUT2D eigenvalue weighted by atomic mass is 35.5. The lowest BCUT2D eigenvalue weighted by atomic mass is 9.85. The van der Waals surface area contributed by atoms with Crippen molar-refractivity contribution in [2.45, 2.75) is 58.2 Å². The number of carbonyl (C=O) groups is 2. The third-order valence-electron chi connectivity index (χ3n) is 6.45. The summed E-state index contributed by atoms with van der Waals surface area (Å²) < 4.78 is 1.79. The molecule has 1 aliphatic carbocycles. The average molecular weight is 461 g/mol. The van der Waals surface area contributed by atoms with Gasteiger partial charge < -0.3 is 15.7 Å². The zero-order chi connectivity index (χ0) is 23.0. The quantitative estimate of drug-likeness (QED) is 0.558. The van der Waals surface area contributed by atoms with Gasteiger partial charge in [0.25, 0.3) is 0 Å². The number of urea groups is 1. The smallest absolute Gasteiger partial charge is 0.320 e. The molecule has 2 aromatic heterocycles. The van der Waals surface area contributed by atoms with Crippen LogP contribution in [0.4, 0.5) is 10.6 Å². The van der Waals surface area contributed by atoms with Crippen molar-refractivity contribution >= 4 is 29.4 Å². The Balaban J connectivity index is 1.48. The van der Waals surface area contributed by atoms with Gasteiger partial charge in [0.15, 0.2) is 0 Å². The van der Waals surface area contributed by atoms with Crippen LogP contribution in [-0.4, -0.2) is 44.9 Å². The molecule has 1 fully saturated rings. The van der Waals surface area contributed by atoms with Gasteiger partial charge in [0, 0.05) is 48.3 Å². The van der Waals surface area contributed by atoms with Crippen LogP contribution in [-0.2, 0) is 11.3 Å². The zero-order valence-corrected chi connectivity index (χ0v) is 19.2. The maximum atomic E-state index is 12.6. The highest BCUT2D eigenvalue weighted by molar-refractivity contribution is 6.33. The van der Waals surface area contributed by atoms with Gasteiger partial charge in [0.05, 0.1) is 16.9 Å². The number of amides is 3. The molecular weight excluding hydrogens is 432 g/mol. The second-order valence-electron chi connectivity index (χ2n) is 9.31. The Labute approximate surface area is 191 Å². The fourth-order valence-electron chi connectivity index (χ4n) is 4.67. The first-order chi connectivity index (χ1) is 15.2. The standard InChI is InChI=1S/C22H29ClN6O3/c1-22(2)11-29-18(19(22)30)15(9-26-29)14-8-17(25-10-16(14)23)28-21(32)27-13-6-4-5-12(7-13)20(31)24-3/h8-10,12-13,19,30H,4-7,11H2,1-3H3,(H,24,31)(H2,25,27,28,32)/t12-,13+,19+/m0/s1. The molecule has 3 heterocycles. The third kappa shape index (κ3) is 4.31. The van der Waals surface area contributed by atoms with E-state index in [1.54, 1.807) is 24.0 Å². The van der Waals surface area contributed by atoms with Gasteiger partial charge in [-0.15, -0.1) is 0 Å². The first kappa shape index (κ1) is 22.5. The maximum Gasteiger partial charge on any atom is 0.320 e. The van der Waals surface area contributed by atoms with Crippen molar-refractivity contribution in [2.75, 3.05) is 12.4 Å². The van der Waals surface area contributed by atoms with E-state index in [1.165, 1.54) is 6.20 Å². The van der Waals surface area contributed by atoms with Crippen LogP contribution in [0.25, 0.3) is 11.1 Å². The lowest BCUT2D eigenvalue weighted by molar-refractivity contribution is -0.125. The Morgan fingerprint density at radius 1 is 1.25 bits per heavy atom. The van der Waals surface area contributed by atoms with Crippen LogP contribution in [0.5, 0.6) is 0 Å². The third-order valence-corrected chi connectivity index (χ3v) is 6.75. The predicted molar refractivity (Wildman–Crippen MR) is 121 cm³/mol. The van der Waals surface area contributed by atoms with Gasteiger partial charge in [-0.25, -0.2) is 9.78 Å². The van der Waals surface area contributed by atoms with Gasteiger partial charge in [-0.2, -0.15) is 5.10 Å². The summed E-state index contributed by atoms with van der Waals surface area (Å²) in [7, 11) is 1.63. The van der Waals surface area contributed by atoms with E-state index in [0.29, 0.717) is 35.1 Å². The normalized spacial score (nSPS) is 24.0. The molecule has 0 saturated heterocycles. The fourth-order valence-corrected chi connectivity index (χ4v) is 4.88. The van der Waals surface area contributed by atoms with Crippen LogP contribution in [0.15, 0.2) is 18.5 Å². The van der Waals surface area contributed by atoms with Crippen molar-refractivity contribution in [1.82, 2.24) is 25.4 Å². The van der Waals surface area contributed by atoms with Gasteiger partial charge in [0.1, 0.15) is 11.9 Å². The molecule has 4 N–H and O–H groups in total. The molecule has 10 heteroatoms. The molecule has 1 aliphatic heterocycles. The molecule has 0 aromatic carbocycles. The summed E-state index contributed by atoms with van der Waals surface area (Å²) in [4.78, 5) is 28.7. The Morgan fingerprint density at radius 2 is 2.03 bits per heavy atom. The Morgan fingerprint density at radius 3 is 2.78 bits per heavy atom. The number of aliphatic hydroxyl groups is 1. The molecule has 9 nitrogen and oxygen atoms in total. The summed E-state index contributed by atoms with van der Waals surface area (Å²) in [6, 6.07) is 1.23. The zero-order valence-electron chi connectivity index (χ0n) is 18.5. The van der Waals surface area contributed by atoms with Gasteiger partial charge in [0.2, 0.25) is 5.91 Å². The Hall–Kier alpha value is -2.65. The largest absolute Gasteiger partial charge is 0.386 e. The van der Waals surface area contributed by atoms with Crippen molar-refractivity contribution in [1.29, 1.82) is 0 Å². The van der Waals surface area contributed by atoms with E-state index >= 15 is 0 Å². The fraction of sp³-hybridized carbons (Fsp3) is 0.545. The van der Waals surface area contributed by atoms with Crippen molar-refractivity contribution < 1.29 is 14.7 Å². The SMILES string of the molecule is CNC(=O)[C@H]1CCC[C@@H](NC(=O)Nc2cc(-c3cnn4c3[C@@H](O)C(C)(C)C4)c(Cl)cn2)C1. The van der Waals surface area contributed by atoms with Crippen molar-refractivity contribution in [2.24, 2.45) is 11.3 Å². The number of hydrogen-bond donors (Lipinski definition) is 4. The van der Waals surface area contributed by atoms with Crippen LogP contribution in [0.1, 0.15) is 51.3 Å². The number of nitrogens with zero attached hydrogens (tertiary/aromatic N) is 3. The highest BCUT2D eigenvalue weighted by Crippen LogP contribution is 2.46. The van der Waals surface area contributed by atoms with E-state index < -0.39 is 6.10 Å². The molecule has 0 unspecified atom stereocenters. The van der Waals surface area contributed by atoms with E-state index in [0.717, 1.165) is 24.8 Å². The number of rotatable bonds is 4. The summed E-state index contributed by atoms with van der Waals surface area (Å²) in [5, 5.41) is 24.0. The number of carbonyl (C=O) groups excluding carboxylic acids is 2. The summed E-state index contributed by atoms with van der Waals surface area (Å²) in [6.45, 7) is 4.58. The minimum atomic E-state index is -0.677. The molecule has 0 spiro atoms. The topological polar surface area (TPSA) is 121 Å². The van der Waals surface area contributed by atoms with Gasteiger partial charge in [-0.3, -0.25) is 14.8 Å². The lowest BCUT2D eigenvalue weighted by Crippen LogP contribution is -2.43. The molecule has 2 aromatic rings. The van der Waals surface area contributed by atoms with E-state index in [2.05, 4.69) is 26.0 Å². The molecule has 0 bridgehead atoms. The summed E-state index contributed by atoms with van der Waals surface area (Å²) in [5.74, 6) is 0.270. The van der Waals surface area contributed by atoms with E-state index in [4.69, 9.17) is 11.6 Å². The lowest BCUT2D eigenvalue weighted by Gasteiger charge is -2.28. The molecule has 32 heavy (non-hydrogen) atoms. The van der Waals surface area contributed by atoms with E-state index in [1.807, 2.05) is 13.8 Å². The monoisotopic (exact) mass is 460 g/mol. The summed E-state index contributed by atoms with van der Waals surface area (Å²) >= 11 is 6.41. The number of nitrogens with one attached hydrogen (secondary N) is 3. The summed E-state index contributed by atoms with van der Waals surface area (Å²) in [6.07, 6.45) is 5.64. The predicted octanol–water partition coefficient (Wildman–Crippen LogP) is 3.10. The molecule has 172 valence electrons. The molecule has 1 saturated carbocycles. The number of halogens is 1. The molecule has 4 rings (SSSR count). The minimum absolute atomic E-state index is 0.0139. The van der Waals surface area contributed by atoms with Gasteiger partial charge in [-0.1, -0.05) is 31.9 Å². The average Bonchev–Trinajstić information content (AvgIpc) is 3.25.